The molecule has 0 amide bonds. The second kappa shape index (κ2) is 12.3. The molecule has 0 radical (unpaired) electrons. The topological polar surface area (TPSA) is 69.6 Å². The maximum Gasteiger partial charge on any atom is 0.194 e. The number of guanidine groups is 1. The summed E-state index contributed by atoms with van der Waals surface area (Å²) in [6.45, 7) is 7.84. The fourth-order valence-corrected chi connectivity index (χ4v) is 3.92. The van der Waals surface area contributed by atoms with Crippen LogP contribution < -0.4 is 14.8 Å². The van der Waals surface area contributed by atoms with Gasteiger partial charge in [0.1, 0.15) is 0 Å². The summed E-state index contributed by atoms with van der Waals surface area (Å²) in [7, 11) is 3.32. The molecule has 0 aliphatic carbocycles. The Labute approximate surface area is 191 Å². The van der Waals surface area contributed by atoms with Crippen molar-refractivity contribution in [3.63, 3.8) is 0 Å². The Kier molecular flexibility index (Phi) is 9.19. The Hall–Kier alpha value is -2.77. The molecule has 1 unspecified atom stereocenters. The van der Waals surface area contributed by atoms with Gasteiger partial charge < -0.3 is 24.8 Å². The highest BCUT2D eigenvalue weighted by Gasteiger charge is 2.20. The molecule has 3 rings (SSSR count). The van der Waals surface area contributed by atoms with Crippen LogP contribution in [0.1, 0.15) is 18.1 Å². The average molecular weight is 441 g/mol. The van der Waals surface area contributed by atoms with Gasteiger partial charge in [0, 0.05) is 45.7 Å². The summed E-state index contributed by atoms with van der Waals surface area (Å²) < 4.78 is 10.8. The Morgan fingerprint density at radius 3 is 2.38 bits per heavy atom. The zero-order valence-electron chi connectivity index (χ0n) is 19.5. The monoisotopic (exact) mass is 440 g/mol. The Balaban J connectivity index is 1.52. The van der Waals surface area contributed by atoms with Crippen LogP contribution in [-0.2, 0) is 13.0 Å². The van der Waals surface area contributed by atoms with E-state index in [4.69, 9.17) is 14.5 Å². The van der Waals surface area contributed by atoms with Gasteiger partial charge >= 0.3 is 0 Å². The predicted octanol–water partition coefficient (Wildman–Crippen LogP) is 2.39. The summed E-state index contributed by atoms with van der Waals surface area (Å²) in [5.41, 5.74) is 2.34. The first-order valence-corrected chi connectivity index (χ1v) is 11.3. The molecule has 0 bridgehead atoms. The minimum Gasteiger partial charge on any atom is -0.493 e. The number of piperazine rings is 1. The highest BCUT2D eigenvalue weighted by atomic mass is 16.5. The molecule has 32 heavy (non-hydrogen) atoms. The summed E-state index contributed by atoms with van der Waals surface area (Å²) in [5.74, 6) is 2.40. The molecule has 1 heterocycles. The van der Waals surface area contributed by atoms with Crippen molar-refractivity contribution in [2.75, 3.05) is 53.5 Å². The molecule has 1 atom stereocenters. The smallest absolute Gasteiger partial charge is 0.194 e. The van der Waals surface area contributed by atoms with Crippen LogP contribution in [0.3, 0.4) is 0 Å². The summed E-state index contributed by atoms with van der Waals surface area (Å²) in [6.07, 6.45) is 0.125. The van der Waals surface area contributed by atoms with Crippen LogP contribution in [0, 0.1) is 0 Å². The molecular formula is C25H36N4O3. The lowest BCUT2D eigenvalue weighted by atomic mass is 10.1. The van der Waals surface area contributed by atoms with Crippen molar-refractivity contribution in [3.05, 3.63) is 59.7 Å². The number of hydrogen-bond donors (Lipinski definition) is 2. The Morgan fingerprint density at radius 2 is 1.72 bits per heavy atom. The zero-order valence-corrected chi connectivity index (χ0v) is 19.5. The van der Waals surface area contributed by atoms with Gasteiger partial charge in [0.25, 0.3) is 0 Å². The number of hydrogen-bond acceptors (Lipinski definition) is 5. The fraction of sp³-hybridized carbons (Fsp3) is 0.480. The molecule has 1 saturated heterocycles. The number of methoxy groups -OCH3 is 2. The first-order valence-electron chi connectivity index (χ1n) is 11.3. The van der Waals surface area contributed by atoms with E-state index in [1.807, 2.05) is 42.5 Å². The molecule has 174 valence electrons. The van der Waals surface area contributed by atoms with E-state index in [-0.39, 0.29) is 0 Å². The average Bonchev–Trinajstić information content (AvgIpc) is 2.83. The van der Waals surface area contributed by atoms with E-state index < -0.39 is 6.10 Å². The van der Waals surface area contributed by atoms with Gasteiger partial charge in [0.15, 0.2) is 17.5 Å². The van der Waals surface area contributed by atoms with E-state index in [9.17, 15) is 5.11 Å². The number of nitrogens with zero attached hydrogens (tertiary/aromatic N) is 3. The van der Waals surface area contributed by atoms with Crippen molar-refractivity contribution < 1.29 is 14.6 Å². The van der Waals surface area contributed by atoms with Crippen LogP contribution in [0.4, 0.5) is 0 Å². The molecule has 1 aliphatic heterocycles. The lowest BCUT2D eigenvalue weighted by molar-refractivity contribution is 0.168. The third kappa shape index (κ3) is 6.87. The highest BCUT2D eigenvalue weighted by Crippen LogP contribution is 2.28. The zero-order chi connectivity index (χ0) is 22.8. The number of aliphatic hydroxyl groups is 1. The van der Waals surface area contributed by atoms with Gasteiger partial charge in [-0.15, -0.1) is 0 Å². The van der Waals surface area contributed by atoms with Crippen LogP contribution in [0.5, 0.6) is 11.5 Å². The van der Waals surface area contributed by atoms with Crippen LogP contribution >= 0.6 is 0 Å². The van der Waals surface area contributed by atoms with Gasteiger partial charge in [0.2, 0.25) is 0 Å². The summed E-state index contributed by atoms with van der Waals surface area (Å²) in [4.78, 5) is 9.43. The number of aliphatic hydroxyl groups excluding tert-OH is 1. The van der Waals surface area contributed by atoms with E-state index in [2.05, 4.69) is 28.1 Å². The van der Waals surface area contributed by atoms with Gasteiger partial charge in [-0.2, -0.15) is 0 Å². The molecule has 7 heteroatoms. The summed E-state index contributed by atoms with van der Waals surface area (Å²) >= 11 is 0. The second-order valence-corrected chi connectivity index (χ2v) is 7.99. The number of aliphatic imine (C=N–C) groups is 1. The third-order valence-corrected chi connectivity index (χ3v) is 5.63. The van der Waals surface area contributed by atoms with Gasteiger partial charge in [-0.05, 0) is 30.2 Å². The Morgan fingerprint density at radius 1 is 1.00 bits per heavy atom. The molecule has 0 spiro atoms. The van der Waals surface area contributed by atoms with Crippen LogP contribution in [0.15, 0.2) is 53.5 Å². The predicted molar refractivity (Wildman–Crippen MR) is 129 cm³/mol. The molecule has 2 aromatic carbocycles. The van der Waals surface area contributed by atoms with E-state index in [0.717, 1.165) is 62.3 Å². The van der Waals surface area contributed by atoms with Gasteiger partial charge in [-0.25, -0.2) is 0 Å². The quantitative estimate of drug-likeness (QED) is 0.461. The van der Waals surface area contributed by atoms with Gasteiger partial charge in [0.05, 0.1) is 26.9 Å². The van der Waals surface area contributed by atoms with Crippen LogP contribution in [0.25, 0.3) is 0 Å². The first-order chi connectivity index (χ1) is 15.6. The molecule has 2 aromatic rings. The van der Waals surface area contributed by atoms with E-state index in [0.29, 0.717) is 13.0 Å². The fourth-order valence-electron chi connectivity index (χ4n) is 3.92. The first kappa shape index (κ1) is 23.9. The number of rotatable bonds is 9. The maximum absolute atomic E-state index is 10.4. The highest BCUT2D eigenvalue weighted by molar-refractivity contribution is 5.80. The maximum atomic E-state index is 10.4. The lowest BCUT2D eigenvalue weighted by Crippen LogP contribution is -2.52. The summed E-state index contributed by atoms with van der Waals surface area (Å²) in [5, 5.41) is 13.8. The van der Waals surface area contributed by atoms with Crippen molar-refractivity contribution in [2.24, 2.45) is 4.99 Å². The number of benzene rings is 2. The standard InChI is InChI=1S/C25H36N4O3/c1-4-26-25(27-18-22(30)16-20-8-6-5-7-9-20)29-14-12-28(13-15-29)19-21-10-11-23(31-2)24(17-21)32-3/h5-11,17,22,30H,4,12-16,18-19H2,1-3H3,(H,26,27). The molecule has 1 fully saturated rings. The van der Waals surface area contributed by atoms with Gasteiger partial charge in [-0.1, -0.05) is 36.4 Å². The van der Waals surface area contributed by atoms with Gasteiger partial charge in [-0.3, -0.25) is 9.89 Å². The SMILES string of the molecule is CCNC(=NCC(O)Cc1ccccc1)N1CCN(Cc2ccc(OC)c(OC)c2)CC1. The largest absolute Gasteiger partial charge is 0.493 e. The molecule has 7 nitrogen and oxygen atoms in total. The molecule has 2 N–H and O–H groups in total. The number of nitrogens with one attached hydrogen (secondary N) is 1. The van der Waals surface area contributed by atoms with Crippen molar-refractivity contribution in [1.82, 2.24) is 15.1 Å². The minimum atomic E-state index is -0.489. The van der Waals surface area contributed by atoms with Crippen LogP contribution in [0.2, 0.25) is 0 Å². The van der Waals surface area contributed by atoms with E-state index >= 15 is 0 Å². The molecule has 0 aromatic heterocycles. The van der Waals surface area contributed by atoms with Crippen molar-refractivity contribution in [1.29, 1.82) is 0 Å². The van der Waals surface area contributed by atoms with E-state index in [1.54, 1.807) is 14.2 Å². The van der Waals surface area contributed by atoms with Crippen LogP contribution in [-0.4, -0.2) is 80.5 Å². The number of ether oxygens (including phenoxy) is 2. The second-order valence-electron chi connectivity index (χ2n) is 7.99. The Bertz CT molecular complexity index is 852. The third-order valence-electron chi connectivity index (χ3n) is 5.63. The molecule has 1 aliphatic rings. The minimum absolute atomic E-state index is 0.392. The van der Waals surface area contributed by atoms with Crippen molar-refractivity contribution >= 4 is 5.96 Å². The molecular weight excluding hydrogens is 404 g/mol. The van der Waals surface area contributed by atoms with Crippen molar-refractivity contribution in [2.45, 2.75) is 26.0 Å². The lowest BCUT2D eigenvalue weighted by Gasteiger charge is -2.36. The molecule has 0 saturated carbocycles. The summed E-state index contributed by atoms with van der Waals surface area (Å²) in [6, 6.07) is 16.2. The van der Waals surface area contributed by atoms with Crippen molar-refractivity contribution in [3.8, 4) is 11.5 Å². The normalized spacial score (nSPS) is 16.0. The van der Waals surface area contributed by atoms with E-state index in [1.165, 1.54) is 5.56 Å².